The highest BCUT2D eigenvalue weighted by Gasteiger charge is 2.39. The third-order valence-corrected chi connectivity index (χ3v) is 5.16. The minimum absolute atomic E-state index is 0.307. The van der Waals surface area contributed by atoms with Crippen LogP contribution in [0.5, 0.6) is 0 Å². The fourth-order valence-electron chi connectivity index (χ4n) is 4.17. The zero-order valence-corrected chi connectivity index (χ0v) is 13.0. The second-order valence-electron chi connectivity index (χ2n) is 6.72. The maximum absolute atomic E-state index is 6.14. The van der Waals surface area contributed by atoms with Crippen molar-refractivity contribution in [2.24, 2.45) is 5.92 Å². The van der Waals surface area contributed by atoms with E-state index in [0.717, 1.165) is 25.1 Å². The summed E-state index contributed by atoms with van der Waals surface area (Å²) in [5.41, 5.74) is 0.307. The maximum Gasteiger partial charge on any atom is 0.0685 e. The third-order valence-electron chi connectivity index (χ3n) is 5.16. The van der Waals surface area contributed by atoms with Crippen molar-refractivity contribution < 1.29 is 4.74 Å². The molecule has 2 nitrogen and oxygen atoms in total. The van der Waals surface area contributed by atoms with E-state index in [0.29, 0.717) is 5.60 Å². The Kier molecular flexibility index (Phi) is 6.15. The van der Waals surface area contributed by atoms with Gasteiger partial charge in [0.2, 0.25) is 0 Å². The van der Waals surface area contributed by atoms with E-state index in [2.05, 4.69) is 19.2 Å². The van der Waals surface area contributed by atoms with Crippen molar-refractivity contribution in [3.8, 4) is 0 Å². The molecular formula is C17H33NO. The summed E-state index contributed by atoms with van der Waals surface area (Å²) in [6.45, 7) is 6.66. The van der Waals surface area contributed by atoms with Crippen molar-refractivity contribution in [2.45, 2.75) is 89.7 Å². The van der Waals surface area contributed by atoms with Gasteiger partial charge in [0.1, 0.15) is 0 Å². The molecule has 0 amide bonds. The van der Waals surface area contributed by atoms with Crippen LogP contribution in [0, 0.1) is 5.92 Å². The summed E-state index contributed by atoms with van der Waals surface area (Å²) in [6, 6.07) is 0.748. The van der Waals surface area contributed by atoms with Crippen LogP contribution in [-0.4, -0.2) is 24.8 Å². The Morgan fingerprint density at radius 2 is 2.00 bits per heavy atom. The van der Waals surface area contributed by atoms with E-state index in [9.17, 15) is 0 Å². The van der Waals surface area contributed by atoms with Crippen LogP contribution < -0.4 is 5.32 Å². The fourth-order valence-corrected chi connectivity index (χ4v) is 4.17. The van der Waals surface area contributed by atoms with Crippen molar-refractivity contribution in [1.82, 2.24) is 5.32 Å². The summed E-state index contributed by atoms with van der Waals surface area (Å²) in [5.74, 6) is 0.921. The second-order valence-corrected chi connectivity index (χ2v) is 6.72. The van der Waals surface area contributed by atoms with Gasteiger partial charge in [0.05, 0.1) is 5.60 Å². The first-order chi connectivity index (χ1) is 9.28. The van der Waals surface area contributed by atoms with Crippen LogP contribution in [0.3, 0.4) is 0 Å². The summed E-state index contributed by atoms with van der Waals surface area (Å²) >= 11 is 0. The smallest absolute Gasteiger partial charge is 0.0685 e. The first-order valence-electron chi connectivity index (χ1n) is 8.65. The Hall–Kier alpha value is -0.0800. The Morgan fingerprint density at radius 3 is 2.68 bits per heavy atom. The van der Waals surface area contributed by atoms with E-state index in [1.807, 2.05) is 0 Å². The van der Waals surface area contributed by atoms with Gasteiger partial charge >= 0.3 is 0 Å². The van der Waals surface area contributed by atoms with E-state index in [4.69, 9.17) is 4.74 Å². The van der Waals surface area contributed by atoms with Crippen LogP contribution in [0.1, 0.15) is 78.1 Å². The number of rotatable bonds is 7. The molecule has 2 aliphatic rings. The molecule has 0 bridgehead atoms. The Balaban J connectivity index is 1.75. The van der Waals surface area contributed by atoms with Crippen molar-refractivity contribution in [3.05, 3.63) is 0 Å². The largest absolute Gasteiger partial charge is 0.375 e. The van der Waals surface area contributed by atoms with Gasteiger partial charge in [0.15, 0.2) is 0 Å². The highest BCUT2D eigenvalue weighted by atomic mass is 16.5. The molecular weight excluding hydrogens is 234 g/mol. The van der Waals surface area contributed by atoms with Gasteiger partial charge in [0, 0.05) is 12.6 Å². The van der Waals surface area contributed by atoms with E-state index >= 15 is 0 Å². The molecule has 2 fully saturated rings. The topological polar surface area (TPSA) is 21.3 Å². The SMILES string of the molecule is CCCC(CCC1CCOC2(CCCC2)C1)NCC. The van der Waals surface area contributed by atoms with Gasteiger partial charge in [-0.25, -0.2) is 0 Å². The average Bonchev–Trinajstić information content (AvgIpc) is 2.85. The quantitative estimate of drug-likeness (QED) is 0.743. The molecule has 1 spiro atoms. The minimum atomic E-state index is 0.307. The first-order valence-corrected chi connectivity index (χ1v) is 8.65. The van der Waals surface area contributed by atoms with E-state index in [-0.39, 0.29) is 0 Å². The third kappa shape index (κ3) is 4.46. The standard InChI is InChI=1S/C17H33NO/c1-3-7-16(18-4-2)9-8-15-10-13-19-17(14-15)11-5-6-12-17/h15-16,18H,3-14H2,1-2H3. The van der Waals surface area contributed by atoms with Gasteiger partial charge in [0.25, 0.3) is 0 Å². The summed E-state index contributed by atoms with van der Waals surface area (Å²) < 4.78 is 6.14. The summed E-state index contributed by atoms with van der Waals surface area (Å²) in [6.07, 6.45) is 13.5. The summed E-state index contributed by atoms with van der Waals surface area (Å²) in [4.78, 5) is 0. The predicted octanol–water partition coefficient (Wildman–Crippen LogP) is 4.28. The van der Waals surface area contributed by atoms with Crippen molar-refractivity contribution in [2.75, 3.05) is 13.2 Å². The molecule has 0 radical (unpaired) electrons. The maximum atomic E-state index is 6.14. The van der Waals surface area contributed by atoms with Crippen LogP contribution in [-0.2, 0) is 4.74 Å². The number of hydrogen-bond acceptors (Lipinski definition) is 2. The molecule has 1 aliphatic carbocycles. The second kappa shape index (κ2) is 7.64. The van der Waals surface area contributed by atoms with E-state index in [1.54, 1.807) is 0 Å². The molecule has 2 rings (SSSR count). The Bertz CT molecular complexity index is 242. The molecule has 0 aromatic carbocycles. The molecule has 2 atom stereocenters. The molecule has 2 heteroatoms. The highest BCUT2D eigenvalue weighted by Crippen LogP contribution is 2.43. The van der Waals surface area contributed by atoms with Crippen molar-refractivity contribution in [3.63, 3.8) is 0 Å². The lowest BCUT2D eigenvalue weighted by Gasteiger charge is -2.38. The molecule has 0 aromatic heterocycles. The molecule has 1 N–H and O–H groups in total. The molecule has 112 valence electrons. The molecule has 1 aliphatic heterocycles. The fraction of sp³-hybridized carbons (Fsp3) is 1.00. The van der Waals surface area contributed by atoms with E-state index < -0.39 is 0 Å². The Labute approximate surface area is 119 Å². The first kappa shape index (κ1) is 15.3. The molecule has 1 saturated heterocycles. The van der Waals surface area contributed by atoms with Gasteiger partial charge in [-0.15, -0.1) is 0 Å². The highest BCUT2D eigenvalue weighted by molar-refractivity contribution is 4.91. The van der Waals surface area contributed by atoms with Gasteiger partial charge in [-0.05, 0) is 57.4 Å². The summed E-state index contributed by atoms with van der Waals surface area (Å²) in [5, 5.41) is 3.65. The van der Waals surface area contributed by atoms with Crippen molar-refractivity contribution >= 4 is 0 Å². The van der Waals surface area contributed by atoms with Gasteiger partial charge < -0.3 is 10.1 Å². The lowest BCUT2D eigenvalue weighted by atomic mass is 9.81. The zero-order chi connectivity index (χ0) is 13.6. The van der Waals surface area contributed by atoms with Crippen LogP contribution >= 0.6 is 0 Å². The van der Waals surface area contributed by atoms with Gasteiger partial charge in [-0.3, -0.25) is 0 Å². The van der Waals surface area contributed by atoms with Crippen LogP contribution in [0.15, 0.2) is 0 Å². The molecule has 19 heavy (non-hydrogen) atoms. The summed E-state index contributed by atoms with van der Waals surface area (Å²) in [7, 11) is 0. The molecule has 1 saturated carbocycles. The molecule has 0 aromatic rings. The number of ether oxygens (including phenoxy) is 1. The van der Waals surface area contributed by atoms with Gasteiger partial charge in [-0.2, -0.15) is 0 Å². The monoisotopic (exact) mass is 267 g/mol. The van der Waals surface area contributed by atoms with Crippen molar-refractivity contribution in [1.29, 1.82) is 0 Å². The predicted molar refractivity (Wildman–Crippen MR) is 81.5 cm³/mol. The average molecular weight is 267 g/mol. The lowest BCUT2D eigenvalue weighted by Crippen LogP contribution is -2.38. The van der Waals surface area contributed by atoms with E-state index in [1.165, 1.54) is 64.2 Å². The zero-order valence-electron chi connectivity index (χ0n) is 13.0. The molecule has 2 unspecified atom stereocenters. The van der Waals surface area contributed by atoms with Crippen LogP contribution in [0.4, 0.5) is 0 Å². The van der Waals surface area contributed by atoms with Gasteiger partial charge in [-0.1, -0.05) is 33.1 Å². The normalized spacial score (nSPS) is 27.8. The molecule has 1 heterocycles. The minimum Gasteiger partial charge on any atom is -0.375 e. The Morgan fingerprint density at radius 1 is 1.21 bits per heavy atom. The van der Waals surface area contributed by atoms with Crippen LogP contribution in [0.2, 0.25) is 0 Å². The lowest BCUT2D eigenvalue weighted by molar-refractivity contribution is -0.0941. The number of hydrogen-bond donors (Lipinski definition) is 1. The number of nitrogens with one attached hydrogen (secondary N) is 1. The van der Waals surface area contributed by atoms with Crippen LogP contribution in [0.25, 0.3) is 0 Å².